The van der Waals surface area contributed by atoms with Crippen LogP contribution < -0.4 is 15.4 Å². The predicted octanol–water partition coefficient (Wildman–Crippen LogP) is 4.79. The van der Waals surface area contributed by atoms with Gasteiger partial charge in [0, 0.05) is 11.8 Å². The molecule has 3 aromatic rings. The quantitative estimate of drug-likeness (QED) is 0.656. The molecule has 0 atom stereocenters. The van der Waals surface area contributed by atoms with Crippen molar-refractivity contribution < 1.29 is 9.53 Å². The van der Waals surface area contributed by atoms with E-state index < -0.39 is 5.91 Å². The van der Waals surface area contributed by atoms with Crippen molar-refractivity contribution in [1.82, 2.24) is 9.97 Å². The number of carbonyl (C=O) groups excluding carboxylic acids is 1. The smallest absolute Gasteiger partial charge is 0.274 e. The van der Waals surface area contributed by atoms with Crippen LogP contribution in [0.25, 0.3) is 0 Å². The normalized spacial score (nSPS) is 10.3. The molecule has 1 amide bonds. The second-order valence-corrected chi connectivity index (χ2v) is 6.01. The maximum absolute atomic E-state index is 12.4. The van der Waals surface area contributed by atoms with E-state index in [-0.39, 0.29) is 5.69 Å². The van der Waals surface area contributed by atoms with E-state index in [1.165, 1.54) is 19.5 Å². The minimum atomic E-state index is -0.393. The Labute approximate surface area is 160 Å². The Bertz CT molecular complexity index is 950. The van der Waals surface area contributed by atoms with Crippen LogP contribution in [0.5, 0.6) is 5.75 Å². The zero-order valence-corrected chi connectivity index (χ0v) is 15.2. The highest BCUT2D eigenvalue weighted by molar-refractivity contribution is 6.33. The number of hydrogen-bond donors (Lipinski definition) is 2. The van der Waals surface area contributed by atoms with Crippen LogP contribution in [0.3, 0.4) is 0 Å². The van der Waals surface area contributed by atoms with Crippen molar-refractivity contribution in [3.63, 3.8) is 0 Å². The van der Waals surface area contributed by atoms with Crippen molar-refractivity contribution in [1.29, 1.82) is 0 Å². The molecule has 1 heterocycles. The molecular weight excluding hydrogens is 375 g/mol. The van der Waals surface area contributed by atoms with Gasteiger partial charge in [0.25, 0.3) is 5.91 Å². The summed E-state index contributed by atoms with van der Waals surface area (Å²) in [6, 6.07) is 13.7. The van der Waals surface area contributed by atoms with E-state index in [0.717, 1.165) is 0 Å². The Morgan fingerprint density at radius 2 is 1.85 bits per heavy atom. The number of nitrogens with one attached hydrogen (secondary N) is 2. The van der Waals surface area contributed by atoms with E-state index in [9.17, 15) is 4.79 Å². The molecule has 0 radical (unpaired) electrons. The van der Waals surface area contributed by atoms with Crippen LogP contribution in [0.15, 0.2) is 54.9 Å². The zero-order chi connectivity index (χ0) is 18.5. The van der Waals surface area contributed by atoms with Crippen LogP contribution in [0.1, 0.15) is 10.5 Å². The monoisotopic (exact) mass is 388 g/mol. The maximum atomic E-state index is 12.4. The lowest BCUT2D eigenvalue weighted by molar-refractivity contribution is 0.102. The highest BCUT2D eigenvalue weighted by Gasteiger charge is 2.11. The topological polar surface area (TPSA) is 76.1 Å². The second kappa shape index (κ2) is 8.03. The molecule has 6 nitrogen and oxygen atoms in total. The number of methoxy groups -OCH3 is 1. The van der Waals surface area contributed by atoms with Crippen LogP contribution in [-0.2, 0) is 0 Å². The summed E-state index contributed by atoms with van der Waals surface area (Å²) < 4.78 is 5.09. The number of benzene rings is 2. The van der Waals surface area contributed by atoms with E-state index in [2.05, 4.69) is 20.6 Å². The second-order valence-electron chi connectivity index (χ2n) is 5.20. The molecule has 132 valence electrons. The molecular formula is C18H14Cl2N4O2. The Hall–Kier alpha value is -2.83. The third-order valence-corrected chi connectivity index (χ3v) is 4.07. The van der Waals surface area contributed by atoms with Gasteiger partial charge in [0.2, 0.25) is 0 Å². The standard InChI is InChI=1S/C18H14Cl2N4O2/c1-26-16-7-6-11(8-13(16)20)23-18(25)15-9-17(22-10-21-15)24-14-5-3-2-4-12(14)19/h2-10H,1H3,(H,23,25)(H,21,22,24). The fourth-order valence-corrected chi connectivity index (χ4v) is 2.63. The fraction of sp³-hybridized carbons (Fsp3) is 0.0556. The molecule has 0 unspecified atom stereocenters. The third kappa shape index (κ3) is 4.22. The highest BCUT2D eigenvalue weighted by Crippen LogP contribution is 2.27. The van der Waals surface area contributed by atoms with Crippen molar-refractivity contribution in [2.24, 2.45) is 0 Å². The van der Waals surface area contributed by atoms with Gasteiger partial charge in [0.05, 0.1) is 22.8 Å². The number of rotatable bonds is 5. The predicted molar refractivity (Wildman–Crippen MR) is 103 cm³/mol. The largest absolute Gasteiger partial charge is 0.495 e. The molecule has 8 heteroatoms. The average molecular weight is 389 g/mol. The number of para-hydroxylation sites is 1. The summed E-state index contributed by atoms with van der Waals surface area (Å²) in [5.74, 6) is 0.583. The maximum Gasteiger partial charge on any atom is 0.274 e. The molecule has 0 aliphatic carbocycles. The summed E-state index contributed by atoms with van der Waals surface area (Å²) in [6.45, 7) is 0. The van der Waals surface area contributed by atoms with Gasteiger partial charge >= 0.3 is 0 Å². The molecule has 1 aromatic heterocycles. The zero-order valence-electron chi connectivity index (χ0n) is 13.7. The SMILES string of the molecule is COc1ccc(NC(=O)c2cc(Nc3ccccc3Cl)ncn2)cc1Cl. The van der Waals surface area contributed by atoms with Crippen LogP contribution in [0, 0.1) is 0 Å². The first-order valence-electron chi connectivity index (χ1n) is 7.55. The number of amides is 1. The number of hydrogen-bond acceptors (Lipinski definition) is 5. The van der Waals surface area contributed by atoms with Gasteiger partial charge in [0.1, 0.15) is 23.6 Å². The van der Waals surface area contributed by atoms with Crippen molar-refractivity contribution in [2.75, 3.05) is 17.7 Å². The van der Waals surface area contributed by atoms with E-state index >= 15 is 0 Å². The number of carbonyl (C=O) groups is 1. The van der Waals surface area contributed by atoms with Gasteiger partial charge in [-0.05, 0) is 30.3 Å². The summed E-state index contributed by atoms with van der Waals surface area (Å²) in [6.07, 6.45) is 1.30. The summed E-state index contributed by atoms with van der Waals surface area (Å²) in [7, 11) is 1.52. The number of aromatic nitrogens is 2. The molecule has 0 spiro atoms. The minimum absolute atomic E-state index is 0.196. The van der Waals surface area contributed by atoms with Crippen molar-refractivity contribution >= 4 is 46.3 Å². The van der Waals surface area contributed by atoms with Gasteiger partial charge in [-0.2, -0.15) is 0 Å². The van der Waals surface area contributed by atoms with Crippen LogP contribution >= 0.6 is 23.2 Å². The molecule has 0 aliphatic heterocycles. The number of anilines is 3. The van der Waals surface area contributed by atoms with Gasteiger partial charge in [-0.15, -0.1) is 0 Å². The van der Waals surface area contributed by atoms with Gasteiger partial charge in [-0.25, -0.2) is 9.97 Å². The Balaban J connectivity index is 1.76. The first-order chi connectivity index (χ1) is 12.6. The third-order valence-electron chi connectivity index (χ3n) is 3.45. The number of halogens is 2. The minimum Gasteiger partial charge on any atom is -0.495 e. The first-order valence-corrected chi connectivity index (χ1v) is 8.31. The average Bonchev–Trinajstić information content (AvgIpc) is 2.64. The summed E-state index contributed by atoms with van der Waals surface area (Å²) in [5, 5.41) is 6.73. The molecule has 0 fully saturated rings. The van der Waals surface area contributed by atoms with E-state index in [1.54, 1.807) is 24.3 Å². The molecule has 2 aromatic carbocycles. The Morgan fingerprint density at radius 3 is 2.58 bits per heavy atom. The van der Waals surface area contributed by atoms with Gasteiger partial charge in [-0.3, -0.25) is 4.79 Å². The van der Waals surface area contributed by atoms with Crippen molar-refractivity contribution in [3.8, 4) is 5.75 Å². The van der Waals surface area contributed by atoms with Gasteiger partial charge < -0.3 is 15.4 Å². The summed E-state index contributed by atoms with van der Waals surface area (Å²) in [4.78, 5) is 20.5. The van der Waals surface area contributed by atoms with E-state index in [4.69, 9.17) is 27.9 Å². The summed E-state index contributed by atoms with van der Waals surface area (Å²) in [5.41, 5.74) is 1.41. The number of nitrogens with zero attached hydrogens (tertiary/aromatic N) is 2. The molecule has 2 N–H and O–H groups in total. The lowest BCUT2D eigenvalue weighted by atomic mass is 10.2. The molecule has 0 saturated carbocycles. The summed E-state index contributed by atoms with van der Waals surface area (Å²) >= 11 is 12.2. The van der Waals surface area contributed by atoms with Crippen molar-refractivity contribution in [2.45, 2.75) is 0 Å². The fourth-order valence-electron chi connectivity index (χ4n) is 2.19. The first kappa shape index (κ1) is 18.0. The van der Waals surface area contributed by atoms with Crippen LogP contribution in [-0.4, -0.2) is 23.0 Å². The lowest BCUT2D eigenvalue weighted by Gasteiger charge is -2.09. The number of ether oxygens (including phenoxy) is 1. The van der Waals surface area contributed by atoms with Crippen molar-refractivity contribution in [3.05, 3.63) is 70.6 Å². The Kier molecular flexibility index (Phi) is 5.55. The molecule has 0 aliphatic rings. The lowest BCUT2D eigenvalue weighted by Crippen LogP contribution is -2.14. The molecule has 0 saturated heterocycles. The van der Waals surface area contributed by atoms with Gasteiger partial charge in [0.15, 0.2) is 0 Å². The Morgan fingerprint density at radius 1 is 1.04 bits per heavy atom. The molecule has 3 rings (SSSR count). The van der Waals surface area contributed by atoms with E-state index in [0.29, 0.717) is 33.0 Å². The highest BCUT2D eigenvalue weighted by atomic mass is 35.5. The molecule has 26 heavy (non-hydrogen) atoms. The van der Waals surface area contributed by atoms with Gasteiger partial charge in [-0.1, -0.05) is 35.3 Å². The van der Waals surface area contributed by atoms with Crippen LogP contribution in [0.2, 0.25) is 10.0 Å². The van der Waals surface area contributed by atoms with E-state index in [1.807, 2.05) is 18.2 Å². The van der Waals surface area contributed by atoms with Crippen LogP contribution in [0.4, 0.5) is 17.2 Å². The molecule has 0 bridgehead atoms.